The number of unbranched alkanes of at least 4 members (excludes halogenated alkanes) is 1. The standard InChI is InChI=1S/C16H22O3/c1-4-6-11-19-15-9-7-14(13(3)12-15)8-10-16(17)18-5-2/h7-10,12H,4-6,11H2,1-3H3/b10-8+. The van der Waals surface area contributed by atoms with E-state index in [1.165, 1.54) is 6.08 Å². The summed E-state index contributed by atoms with van der Waals surface area (Å²) in [6.45, 7) is 7.06. The van der Waals surface area contributed by atoms with Crippen molar-refractivity contribution in [2.45, 2.75) is 33.6 Å². The molecule has 0 saturated carbocycles. The van der Waals surface area contributed by atoms with Gasteiger partial charge in [-0.3, -0.25) is 0 Å². The van der Waals surface area contributed by atoms with Gasteiger partial charge in [0.25, 0.3) is 0 Å². The van der Waals surface area contributed by atoms with Crippen LogP contribution < -0.4 is 4.74 Å². The Morgan fingerprint density at radius 2 is 2.11 bits per heavy atom. The lowest BCUT2D eigenvalue weighted by molar-refractivity contribution is -0.137. The first-order chi connectivity index (χ1) is 9.17. The van der Waals surface area contributed by atoms with Crippen LogP contribution in [0.4, 0.5) is 0 Å². The van der Waals surface area contributed by atoms with Gasteiger partial charge in [-0.25, -0.2) is 4.79 Å². The topological polar surface area (TPSA) is 35.5 Å². The number of aryl methyl sites for hydroxylation is 1. The molecule has 0 radical (unpaired) electrons. The van der Waals surface area contributed by atoms with E-state index >= 15 is 0 Å². The number of hydrogen-bond donors (Lipinski definition) is 0. The molecule has 0 aliphatic rings. The van der Waals surface area contributed by atoms with E-state index in [0.717, 1.165) is 36.3 Å². The fourth-order valence-electron chi connectivity index (χ4n) is 1.61. The third-order valence-electron chi connectivity index (χ3n) is 2.69. The second kappa shape index (κ2) is 8.35. The lowest BCUT2D eigenvalue weighted by Gasteiger charge is -2.07. The molecule has 1 aromatic rings. The maximum Gasteiger partial charge on any atom is 0.330 e. The average molecular weight is 262 g/mol. The highest BCUT2D eigenvalue weighted by Crippen LogP contribution is 2.18. The van der Waals surface area contributed by atoms with Gasteiger partial charge >= 0.3 is 5.97 Å². The highest BCUT2D eigenvalue weighted by molar-refractivity contribution is 5.87. The van der Waals surface area contributed by atoms with Gasteiger partial charge in [-0.2, -0.15) is 0 Å². The third-order valence-corrected chi connectivity index (χ3v) is 2.69. The predicted molar refractivity (Wildman–Crippen MR) is 77.2 cm³/mol. The zero-order valence-electron chi connectivity index (χ0n) is 11.9. The first-order valence-corrected chi connectivity index (χ1v) is 6.75. The minimum Gasteiger partial charge on any atom is -0.494 e. The van der Waals surface area contributed by atoms with Crippen molar-refractivity contribution in [3.63, 3.8) is 0 Å². The van der Waals surface area contributed by atoms with Crippen LogP contribution in [0.25, 0.3) is 6.08 Å². The van der Waals surface area contributed by atoms with Crippen LogP contribution >= 0.6 is 0 Å². The molecule has 0 spiro atoms. The molecule has 0 atom stereocenters. The summed E-state index contributed by atoms with van der Waals surface area (Å²) in [7, 11) is 0. The van der Waals surface area contributed by atoms with Crippen LogP contribution in [-0.2, 0) is 9.53 Å². The normalized spacial score (nSPS) is 10.7. The fraction of sp³-hybridized carbons (Fsp3) is 0.438. The Balaban J connectivity index is 2.64. The quantitative estimate of drug-likeness (QED) is 0.426. The van der Waals surface area contributed by atoms with E-state index in [9.17, 15) is 4.79 Å². The summed E-state index contributed by atoms with van der Waals surface area (Å²) in [5, 5.41) is 0. The number of hydrogen-bond acceptors (Lipinski definition) is 3. The lowest BCUT2D eigenvalue weighted by atomic mass is 10.1. The van der Waals surface area contributed by atoms with Crippen molar-refractivity contribution >= 4 is 12.0 Å². The molecule has 0 aliphatic carbocycles. The Hall–Kier alpha value is -1.77. The first kappa shape index (κ1) is 15.3. The van der Waals surface area contributed by atoms with Crippen molar-refractivity contribution in [1.29, 1.82) is 0 Å². The van der Waals surface area contributed by atoms with Crippen LogP contribution in [0, 0.1) is 6.92 Å². The summed E-state index contributed by atoms with van der Waals surface area (Å²) in [5.41, 5.74) is 2.07. The molecule has 3 nitrogen and oxygen atoms in total. The van der Waals surface area contributed by atoms with Crippen molar-refractivity contribution in [2.75, 3.05) is 13.2 Å². The second-order valence-corrected chi connectivity index (χ2v) is 4.31. The lowest BCUT2D eigenvalue weighted by Crippen LogP contribution is -1.99. The SMILES string of the molecule is CCCCOc1ccc(/C=C/C(=O)OCC)c(C)c1. The Morgan fingerprint density at radius 1 is 1.32 bits per heavy atom. The molecule has 104 valence electrons. The van der Waals surface area contributed by atoms with Crippen molar-refractivity contribution < 1.29 is 14.3 Å². The summed E-state index contributed by atoms with van der Waals surface area (Å²) in [5.74, 6) is 0.560. The summed E-state index contributed by atoms with van der Waals surface area (Å²) in [6.07, 6.45) is 5.40. The molecule has 0 fully saturated rings. The molecule has 0 heterocycles. The molecule has 1 rings (SSSR count). The van der Waals surface area contributed by atoms with Crippen LogP contribution in [0.1, 0.15) is 37.8 Å². The minimum atomic E-state index is -0.315. The molecular formula is C16H22O3. The maximum atomic E-state index is 11.2. The molecule has 0 unspecified atom stereocenters. The van der Waals surface area contributed by atoms with E-state index < -0.39 is 0 Å². The van der Waals surface area contributed by atoms with Gasteiger partial charge in [0, 0.05) is 6.08 Å². The van der Waals surface area contributed by atoms with Crippen molar-refractivity contribution in [3.05, 3.63) is 35.4 Å². The number of ether oxygens (including phenoxy) is 2. The molecule has 19 heavy (non-hydrogen) atoms. The average Bonchev–Trinajstić information content (AvgIpc) is 2.38. The van der Waals surface area contributed by atoms with Gasteiger partial charge in [0.05, 0.1) is 13.2 Å². The summed E-state index contributed by atoms with van der Waals surface area (Å²) >= 11 is 0. The fourth-order valence-corrected chi connectivity index (χ4v) is 1.61. The number of carbonyl (C=O) groups excluding carboxylic acids is 1. The monoisotopic (exact) mass is 262 g/mol. The Kier molecular flexibility index (Phi) is 6.72. The van der Waals surface area contributed by atoms with Crippen LogP contribution in [0.5, 0.6) is 5.75 Å². The summed E-state index contributed by atoms with van der Waals surface area (Å²) in [6, 6.07) is 5.86. The molecule has 0 amide bonds. The van der Waals surface area contributed by atoms with Crippen LogP contribution in [0.2, 0.25) is 0 Å². The van der Waals surface area contributed by atoms with E-state index in [-0.39, 0.29) is 5.97 Å². The molecule has 0 aromatic heterocycles. The van der Waals surface area contributed by atoms with E-state index in [0.29, 0.717) is 6.61 Å². The van der Waals surface area contributed by atoms with E-state index in [4.69, 9.17) is 9.47 Å². The highest BCUT2D eigenvalue weighted by atomic mass is 16.5. The Morgan fingerprint density at radius 3 is 2.74 bits per heavy atom. The van der Waals surface area contributed by atoms with Gasteiger partial charge < -0.3 is 9.47 Å². The van der Waals surface area contributed by atoms with E-state index in [2.05, 4.69) is 6.92 Å². The number of rotatable bonds is 7. The molecule has 0 saturated heterocycles. The predicted octanol–water partition coefficient (Wildman–Crippen LogP) is 3.75. The minimum absolute atomic E-state index is 0.315. The molecule has 1 aromatic carbocycles. The number of esters is 1. The number of benzene rings is 1. The number of carbonyl (C=O) groups is 1. The highest BCUT2D eigenvalue weighted by Gasteiger charge is 2.00. The van der Waals surface area contributed by atoms with Gasteiger partial charge in [-0.15, -0.1) is 0 Å². The van der Waals surface area contributed by atoms with Gasteiger partial charge in [-0.05, 0) is 49.6 Å². The Labute approximate surface area is 115 Å². The zero-order chi connectivity index (χ0) is 14.1. The molecule has 0 N–H and O–H groups in total. The largest absolute Gasteiger partial charge is 0.494 e. The van der Waals surface area contributed by atoms with Gasteiger partial charge in [0.1, 0.15) is 5.75 Å². The van der Waals surface area contributed by atoms with Crippen LogP contribution in [0.15, 0.2) is 24.3 Å². The first-order valence-electron chi connectivity index (χ1n) is 6.75. The Bertz CT molecular complexity index is 436. The maximum absolute atomic E-state index is 11.2. The summed E-state index contributed by atoms with van der Waals surface area (Å²) in [4.78, 5) is 11.2. The molecule has 0 aliphatic heterocycles. The smallest absolute Gasteiger partial charge is 0.330 e. The van der Waals surface area contributed by atoms with Crippen LogP contribution in [-0.4, -0.2) is 19.2 Å². The van der Waals surface area contributed by atoms with Crippen molar-refractivity contribution in [2.24, 2.45) is 0 Å². The van der Waals surface area contributed by atoms with E-state index in [1.807, 2.05) is 25.1 Å². The molecule has 0 bridgehead atoms. The summed E-state index contributed by atoms with van der Waals surface area (Å²) < 4.78 is 10.5. The van der Waals surface area contributed by atoms with Gasteiger partial charge in [0.15, 0.2) is 0 Å². The molecular weight excluding hydrogens is 240 g/mol. The van der Waals surface area contributed by atoms with Crippen LogP contribution in [0.3, 0.4) is 0 Å². The zero-order valence-corrected chi connectivity index (χ0v) is 11.9. The van der Waals surface area contributed by atoms with Gasteiger partial charge in [0.2, 0.25) is 0 Å². The van der Waals surface area contributed by atoms with E-state index in [1.54, 1.807) is 13.0 Å². The molecule has 3 heteroatoms. The third kappa shape index (κ3) is 5.60. The second-order valence-electron chi connectivity index (χ2n) is 4.31. The van der Waals surface area contributed by atoms with Crippen molar-refractivity contribution in [3.8, 4) is 5.75 Å². The van der Waals surface area contributed by atoms with Gasteiger partial charge in [-0.1, -0.05) is 19.4 Å². The van der Waals surface area contributed by atoms with Crippen molar-refractivity contribution in [1.82, 2.24) is 0 Å².